The molecule has 0 saturated carbocycles. The van der Waals surface area contributed by atoms with Gasteiger partial charge in [-0.05, 0) is 106 Å². The smallest absolute Gasteiger partial charge is 0.342 e. The molecule has 0 aliphatic rings. The van der Waals surface area contributed by atoms with Crippen LogP contribution in [0.25, 0.3) is 0 Å². The molecule has 0 N–H and O–H groups in total. The first-order valence-corrected chi connectivity index (χ1v) is 16.2. The summed E-state index contributed by atoms with van der Waals surface area (Å²) in [4.78, 5) is 28.0. The van der Waals surface area contributed by atoms with E-state index in [4.69, 9.17) is 9.47 Å². The van der Waals surface area contributed by atoms with E-state index >= 15 is 0 Å². The molecule has 4 aromatic carbocycles. The van der Waals surface area contributed by atoms with Crippen LogP contribution in [0.5, 0.6) is 5.75 Å². The van der Waals surface area contributed by atoms with Crippen LogP contribution >= 0.6 is 45.2 Å². The lowest BCUT2D eigenvalue weighted by Gasteiger charge is -2.12. The topological polar surface area (TPSA) is 86.7 Å². The van der Waals surface area contributed by atoms with Crippen molar-refractivity contribution < 1.29 is 27.5 Å². The van der Waals surface area contributed by atoms with Crippen molar-refractivity contribution >= 4 is 77.9 Å². The summed E-state index contributed by atoms with van der Waals surface area (Å²) < 4.78 is 37.5. The zero-order valence-corrected chi connectivity index (χ0v) is 25.9. The highest BCUT2D eigenvalue weighted by Gasteiger charge is 2.30. The Labute approximate surface area is 251 Å². The van der Waals surface area contributed by atoms with Crippen LogP contribution in [-0.2, 0) is 30.3 Å². The average molecular weight is 771 g/mol. The van der Waals surface area contributed by atoms with Crippen molar-refractivity contribution in [3.05, 3.63) is 110 Å². The molecule has 4 aromatic rings. The van der Waals surface area contributed by atoms with E-state index in [2.05, 4.69) is 0 Å². The quantitative estimate of drug-likeness (QED) is 0.0925. The van der Waals surface area contributed by atoms with Crippen LogP contribution < -0.4 is 4.74 Å². The van der Waals surface area contributed by atoms with Crippen molar-refractivity contribution in [3.63, 3.8) is 0 Å². The molecule has 0 aliphatic heterocycles. The van der Waals surface area contributed by atoms with E-state index in [-0.39, 0.29) is 16.2 Å². The van der Waals surface area contributed by atoms with Crippen LogP contribution in [0.4, 0.5) is 0 Å². The molecular formula is C28H21I2O6S2+. The fraction of sp³-hybridized carbons (Fsp3) is 0.0714. The van der Waals surface area contributed by atoms with Crippen LogP contribution in [0.2, 0.25) is 0 Å². The van der Waals surface area contributed by atoms with Gasteiger partial charge in [0.25, 0.3) is 0 Å². The van der Waals surface area contributed by atoms with Crippen LogP contribution in [0.1, 0.15) is 10.4 Å². The lowest BCUT2D eigenvalue weighted by Crippen LogP contribution is -2.22. The standard InChI is InChI=1S/C28H21I2O6S2/c1-35-28(32)27-24(30)16-19(29)17-25(27)36-26(31)18-38(33,34)23-14-12-22(13-15-23)37(20-8-4-2-5-9-20)21-10-6-3-7-11-21/h2-17H,18H2,1H3/q+1. The summed E-state index contributed by atoms with van der Waals surface area (Å²) in [6.45, 7) is 0. The molecule has 0 amide bonds. The Morgan fingerprint density at radius 1 is 0.789 bits per heavy atom. The first-order valence-electron chi connectivity index (χ1n) is 11.1. The molecule has 0 aromatic heterocycles. The van der Waals surface area contributed by atoms with Crippen molar-refractivity contribution in [3.8, 4) is 5.75 Å². The van der Waals surface area contributed by atoms with Gasteiger partial charge in [0.05, 0.1) is 22.9 Å². The highest BCUT2D eigenvalue weighted by Crippen LogP contribution is 2.32. The number of carbonyl (C=O) groups is 2. The minimum atomic E-state index is -4.00. The highest BCUT2D eigenvalue weighted by atomic mass is 127. The van der Waals surface area contributed by atoms with Gasteiger partial charge in [0.2, 0.25) is 0 Å². The van der Waals surface area contributed by atoms with E-state index < -0.39 is 38.4 Å². The molecule has 0 atom stereocenters. The summed E-state index contributed by atoms with van der Waals surface area (Å²) in [5, 5.41) is 0. The molecule has 38 heavy (non-hydrogen) atoms. The normalized spacial score (nSPS) is 11.3. The summed E-state index contributed by atoms with van der Waals surface area (Å²) in [7, 11) is -3.21. The maximum Gasteiger partial charge on any atom is 0.342 e. The van der Waals surface area contributed by atoms with E-state index in [0.29, 0.717) is 7.14 Å². The Kier molecular flexibility index (Phi) is 9.50. The van der Waals surface area contributed by atoms with Crippen molar-refractivity contribution in [1.82, 2.24) is 0 Å². The molecule has 194 valence electrons. The van der Waals surface area contributed by atoms with Crippen LogP contribution in [0.3, 0.4) is 0 Å². The molecule has 0 radical (unpaired) electrons. The maximum atomic E-state index is 13.1. The van der Waals surface area contributed by atoms with Crippen LogP contribution in [0, 0.1) is 7.14 Å². The monoisotopic (exact) mass is 771 g/mol. The highest BCUT2D eigenvalue weighted by molar-refractivity contribution is 14.1. The summed E-state index contributed by atoms with van der Waals surface area (Å²) in [6.07, 6.45) is 0. The Hall–Kier alpha value is -2.42. The second kappa shape index (κ2) is 12.6. The molecule has 6 nitrogen and oxygen atoms in total. The minimum Gasteiger partial charge on any atom is -0.465 e. The predicted molar refractivity (Wildman–Crippen MR) is 162 cm³/mol. The van der Waals surface area contributed by atoms with Gasteiger partial charge in [-0.15, -0.1) is 0 Å². The summed E-state index contributed by atoms with van der Waals surface area (Å²) >= 11 is 3.95. The lowest BCUT2D eigenvalue weighted by molar-refractivity contribution is -0.131. The SMILES string of the molecule is COC(=O)c1c(I)cc(I)cc1OC(=O)CS(=O)(=O)c1ccc([S+](c2ccccc2)c2ccccc2)cc1. The summed E-state index contributed by atoms with van der Waals surface area (Å²) in [5.74, 6) is -2.60. The third-order valence-electron chi connectivity index (χ3n) is 5.32. The number of esters is 2. The molecule has 10 heteroatoms. The second-order valence-corrected chi connectivity index (χ2v) is 14.3. The van der Waals surface area contributed by atoms with Crippen LogP contribution in [0.15, 0.2) is 117 Å². The number of halogens is 2. The van der Waals surface area contributed by atoms with Gasteiger partial charge in [0.1, 0.15) is 11.3 Å². The van der Waals surface area contributed by atoms with Gasteiger partial charge in [-0.25, -0.2) is 13.2 Å². The van der Waals surface area contributed by atoms with Gasteiger partial charge in [0.15, 0.2) is 30.3 Å². The third-order valence-corrected chi connectivity index (χ3v) is 10.6. The maximum absolute atomic E-state index is 13.1. The van der Waals surface area contributed by atoms with Gasteiger partial charge in [-0.3, -0.25) is 4.79 Å². The number of hydrogen-bond acceptors (Lipinski definition) is 6. The number of carbonyl (C=O) groups excluding carboxylic acids is 2. The fourth-order valence-corrected chi connectivity index (χ4v) is 8.81. The summed E-state index contributed by atoms with van der Waals surface area (Å²) in [5.41, 5.74) is 0.0671. The first kappa shape index (κ1) is 28.6. The third kappa shape index (κ3) is 6.77. The van der Waals surface area contributed by atoms with Crippen molar-refractivity contribution in [2.45, 2.75) is 19.6 Å². The number of rotatable bonds is 8. The molecular weight excluding hydrogens is 750 g/mol. The van der Waals surface area contributed by atoms with Gasteiger partial charge >= 0.3 is 11.9 Å². The molecule has 0 saturated heterocycles. The van der Waals surface area contributed by atoms with Gasteiger partial charge in [0, 0.05) is 7.14 Å². The van der Waals surface area contributed by atoms with E-state index in [0.717, 1.165) is 14.7 Å². The Balaban J connectivity index is 1.58. The Morgan fingerprint density at radius 3 is 1.84 bits per heavy atom. The predicted octanol–water partition coefficient (Wildman–Crippen LogP) is 6.16. The summed E-state index contributed by atoms with van der Waals surface area (Å²) in [6, 6.07) is 29.8. The number of sulfone groups is 1. The Bertz CT molecular complexity index is 1520. The van der Waals surface area contributed by atoms with Gasteiger partial charge in [-0.2, -0.15) is 0 Å². The lowest BCUT2D eigenvalue weighted by atomic mass is 10.2. The molecule has 4 rings (SSSR count). The van der Waals surface area contributed by atoms with Crippen molar-refractivity contribution in [1.29, 1.82) is 0 Å². The zero-order valence-electron chi connectivity index (χ0n) is 20.0. The Morgan fingerprint density at radius 2 is 1.32 bits per heavy atom. The van der Waals surface area contributed by atoms with E-state index in [1.807, 2.05) is 106 Å². The second-order valence-electron chi connectivity index (χ2n) is 7.89. The van der Waals surface area contributed by atoms with E-state index in [1.165, 1.54) is 25.3 Å². The molecule has 0 heterocycles. The molecule has 0 unspecified atom stereocenters. The number of ether oxygens (including phenoxy) is 2. The number of benzene rings is 4. The zero-order chi connectivity index (χ0) is 27.3. The van der Waals surface area contributed by atoms with E-state index in [9.17, 15) is 18.0 Å². The van der Waals surface area contributed by atoms with Crippen molar-refractivity contribution in [2.75, 3.05) is 12.9 Å². The largest absolute Gasteiger partial charge is 0.465 e. The van der Waals surface area contributed by atoms with Crippen LogP contribution in [-0.4, -0.2) is 33.2 Å². The van der Waals surface area contributed by atoms with Gasteiger partial charge in [-0.1, -0.05) is 36.4 Å². The molecule has 0 aliphatic carbocycles. The van der Waals surface area contributed by atoms with E-state index in [1.54, 1.807) is 18.2 Å². The number of hydrogen-bond donors (Lipinski definition) is 0. The van der Waals surface area contributed by atoms with Gasteiger partial charge < -0.3 is 9.47 Å². The van der Waals surface area contributed by atoms with Crippen molar-refractivity contribution in [2.24, 2.45) is 0 Å². The average Bonchev–Trinajstić information content (AvgIpc) is 2.89. The number of methoxy groups -OCH3 is 1. The molecule has 0 spiro atoms. The fourth-order valence-electron chi connectivity index (χ4n) is 3.63. The first-order chi connectivity index (χ1) is 18.2. The molecule has 0 fully saturated rings. The molecule has 0 bridgehead atoms. The minimum absolute atomic E-state index is 0.00767.